The minimum absolute atomic E-state index is 0.0800. The fraction of sp³-hybridized carbons (Fsp3) is 0.280. The molecule has 1 aliphatic heterocycles. The Hall–Kier alpha value is -3.41. The van der Waals surface area contributed by atoms with Crippen molar-refractivity contribution in [3.05, 3.63) is 97.8 Å². The summed E-state index contributed by atoms with van der Waals surface area (Å²) < 4.78 is 26.1. The van der Waals surface area contributed by atoms with Gasteiger partial charge >= 0.3 is 5.69 Å². The Morgan fingerprint density at radius 3 is 2.36 bits per heavy atom. The molecule has 0 saturated heterocycles. The van der Waals surface area contributed by atoms with E-state index in [-0.39, 0.29) is 22.7 Å². The second-order valence-electron chi connectivity index (χ2n) is 8.20. The SMILES string of the molecule is Cn1c2c(c(=O)n(Cc3ccc(S(C)(=O)=O)cc3)c1=O)CN(CC#Cc1ccccc1)CC2. The predicted octanol–water partition coefficient (Wildman–Crippen LogP) is 1.41. The molecule has 0 spiro atoms. The van der Waals surface area contributed by atoms with Crippen LogP contribution in [0, 0.1) is 11.8 Å². The summed E-state index contributed by atoms with van der Waals surface area (Å²) in [4.78, 5) is 28.5. The Bertz CT molecular complexity index is 1460. The van der Waals surface area contributed by atoms with E-state index in [2.05, 4.69) is 16.7 Å². The molecule has 0 saturated carbocycles. The van der Waals surface area contributed by atoms with Crippen LogP contribution in [0.25, 0.3) is 0 Å². The van der Waals surface area contributed by atoms with Crippen LogP contribution < -0.4 is 11.2 Å². The van der Waals surface area contributed by atoms with Gasteiger partial charge in [0.2, 0.25) is 0 Å². The second kappa shape index (κ2) is 9.22. The Kier molecular flexibility index (Phi) is 6.36. The van der Waals surface area contributed by atoms with Crippen LogP contribution in [0.3, 0.4) is 0 Å². The number of sulfone groups is 1. The van der Waals surface area contributed by atoms with Crippen LogP contribution in [0.15, 0.2) is 69.1 Å². The van der Waals surface area contributed by atoms with Crippen LogP contribution in [0.4, 0.5) is 0 Å². The summed E-state index contributed by atoms with van der Waals surface area (Å²) in [5.41, 5.74) is 2.33. The molecule has 2 heterocycles. The van der Waals surface area contributed by atoms with E-state index in [1.165, 1.54) is 16.7 Å². The molecule has 0 unspecified atom stereocenters. The third-order valence-electron chi connectivity index (χ3n) is 5.82. The Morgan fingerprint density at radius 2 is 1.70 bits per heavy atom. The summed E-state index contributed by atoms with van der Waals surface area (Å²) in [5, 5.41) is 0. The molecule has 0 atom stereocenters. The summed E-state index contributed by atoms with van der Waals surface area (Å²) in [7, 11) is -1.62. The van der Waals surface area contributed by atoms with E-state index < -0.39 is 9.84 Å². The van der Waals surface area contributed by atoms with Gasteiger partial charge in [0.1, 0.15) is 0 Å². The smallest absolute Gasteiger partial charge is 0.300 e. The lowest BCUT2D eigenvalue weighted by Gasteiger charge is -2.28. The maximum absolute atomic E-state index is 13.2. The van der Waals surface area contributed by atoms with Gasteiger partial charge in [-0.2, -0.15) is 0 Å². The number of hydrogen-bond donors (Lipinski definition) is 0. The fourth-order valence-corrected chi connectivity index (χ4v) is 4.62. The van der Waals surface area contributed by atoms with Crippen molar-refractivity contribution in [3.63, 3.8) is 0 Å². The van der Waals surface area contributed by atoms with Gasteiger partial charge in [0.25, 0.3) is 5.56 Å². The highest BCUT2D eigenvalue weighted by molar-refractivity contribution is 7.90. The third-order valence-corrected chi connectivity index (χ3v) is 6.95. The highest BCUT2D eigenvalue weighted by Crippen LogP contribution is 2.15. The second-order valence-corrected chi connectivity index (χ2v) is 10.2. The standard InChI is InChI=1S/C25H25N3O4S/c1-26-23-14-16-27(15-6-9-19-7-4-3-5-8-19)18-22(23)24(29)28(25(26)30)17-20-10-12-21(13-11-20)33(2,31)32/h3-5,7-8,10-13H,14-18H2,1-2H3. The van der Waals surface area contributed by atoms with E-state index in [1.807, 2.05) is 30.3 Å². The maximum Gasteiger partial charge on any atom is 0.331 e. The zero-order valence-electron chi connectivity index (χ0n) is 18.6. The average molecular weight is 464 g/mol. The van der Waals surface area contributed by atoms with Gasteiger partial charge in [0, 0.05) is 44.1 Å². The molecule has 0 amide bonds. The molecular weight excluding hydrogens is 438 g/mol. The first-order valence-corrected chi connectivity index (χ1v) is 12.5. The van der Waals surface area contributed by atoms with Crippen LogP contribution in [0.2, 0.25) is 0 Å². The van der Waals surface area contributed by atoms with Gasteiger partial charge in [0.15, 0.2) is 9.84 Å². The molecule has 3 aromatic rings. The van der Waals surface area contributed by atoms with Crippen LogP contribution in [0.1, 0.15) is 22.4 Å². The minimum Gasteiger partial charge on any atom is -0.300 e. The zero-order chi connectivity index (χ0) is 23.6. The quantitative estimate of drug-likeness (QED) is 0.547. The predicted molar refractivity (Wildman–Crippen MR) is 127 cm³/mol. The maximum atomic E-state index is 13.2. The largest absolute Gasteiger partial charge is 0.331 e. The molecule has 8 heteroatoms. The molecule has 0 N–H and O–H groups in total. The average Bonchev–Trinajstić information content (AvgIpc) is 2.81. The van der Waals surface area contributed by atoms with Crippen molar-refractivity contribution in [1.82, 2.24) is 14.0 Å². The molecule has 0 aliphatic carbocycles. The molecule has 1 aromatic heterocycles. The highest BCUT2D eigenvalue weighted by atomic mass is 32.2. The number of hydrogen-bond acceptors (Lipinski definition) is 5. The molecular formula is C25H25N3O4S. The van der Waals surface area contributed by atoms with E-state index in [0.29, 0.717) is 30.6 Å². The summed E-state index contributed by atoms with van der Waals surface area (Å²) in [6, 6.07) is 16.0. The number of aromatic nitrogens is 2. The lowest BCUT2D eigenvalue weighted by molar-refractivity contribution is 0.275. The number of nitrogens with zero attached hydrogens (tertiary/aromatic N) is 3. The van der Waals surface area contributed by atoms with Crippen LogP contribution in [0.5, 0.6) is 0 Å². The molecule has 1 aliphatic rings. The van der Waals surface area contributed by atoms with Crippen LogP contribution in [-0.4, -0.2) is 41.8 Å². The molecule has 0 radical (unpaired) electrons. The lowest BCUT2D eigenvalue weighted by Crippen LogP contribution is -2.47. The van der Waals surface area contributed by atoms with Crippen LogP contribution >= 0.6 is 0 Å². The Morgan fingerprint density at radius 1 is 1.00 bits per heavy atom. The van der Waals surface area contributed by atoms with Gasteiger partial charge in [-0.3, -0.25) is 14.3 Å². The lowest BCUT2D eigenvalue weighted by atomic mass is 10.1. The number of benzene rings is 2. The summed E-state index contributed by atoms with van der Waals surface area (Å²) >= 11 is 0. The van der Waals surface area contributed by atoms with Crippen molar-refractivity contribution in [3.8, 4) is 11.8 Å². The van der Waals surface area contributed by atoms with Crippen molar-refractivity contribution in [2.45, 2.75) is 24.4 Å². The summed E-state index contributed by atoms with van der Waals surface area (Å²) in [6.07, 6.45) is 1.74. The summed E-state index contributed by atoms with van der Waals surface area (Å²) in [6.45, 7) is 1.76. The van der Waals surface area contributed by atoms with Gasteiger partial charge in [-0.05, 0) is 29.8 Å². The molecule has 170 valence electrons. The van der Waals surface area contributed by atoms with Crippen molar-refractivity contribution in [2.24, 2.45) is 7.05 Å². The van der Waals surface area contributed by atoms with Crippen molar-refractivity contribution >= 4 is 9.84 Å². The monoisotopic (exact) mass is 463 g/mol. The van der Waals surface area contributed by atoms with Gasteiger partial charge in [-0.15, -0.1) is 0 Å². The Balaban J connectivity index is 1.59. The van der Waals surface area contributed by atoms with Crippen molar-refractivity contribution < 1.29 is 8.42 Å². The third kappa shape index (κ3) is 5.00. The molecule has 7 nitrogen and oxygen atoms in total. The first-order valence-electron chi connectivity index (χ1n) is 10.6. The number of rotatable bonds is 4. The van der Waals surface area contributed by atoms with E-state index in [0.717, 1.165) is 24.1 Å². The minimum atomic E-state index is -3.31. The normalized spacial score (nSPS) is 13.8. The molecule has 0 bridgehead atoms. The van der Waals surface area contributed by atoms with E-state index in [4.69, 9.17) is 0 Å². The first kappa shape index (κ1) is 22.8. The highest BCUT2D eigenvalue weighted by Gasteiger charge is 2.23. The molecule has 33 heavy (non-hydrogen) atoms. The molecule has 2 aromatic carbocycles. The van der Waals surface area contributed by atoms with E-state index >= 15 is 0 Å². The van der Waals surface area contributed by atoms with Gasteiger partial charge in [-0.25, -0.2) is 13.2 Å². The van der Waals surface area contributed by atoms with Gasteiger partial charge in [0.05, 0.1) is 23.5 Å². The van der Waals surface area contributed by atoms with Crippen molar-refractivity contribution in [1.29, 1.82) is 0 Å². The van der Waals surface area contributed by atoms with Gasteiger partial charge < -0.3 is 4.57 Å². The van der Waals surface area contributed by atoms with Crippen molar-refractivity contribution in [2.75, 3.05) is 19.3 Å². The zero-order valence-corrected chi connectivity index (χ0v) is 19.4. The van der Waals surface area contributed by atoms with E-state index in [1.54, 1.807) is 23.7 Å². The van der Waals surface area contributed by atoms with Crippen LogP contribution in [-0.2, 0) is 36.4 Å². The van der Waals surface area contributed by atoms with Gasteiger partial charge in [-0.1, -0.05) is 42.2 Å². The molecule has 4 rings (SSSR count). The Labute approximate surface area is 192 Å². The first-order chi connectivity index (χ1) is 15.7. The molecule has 0 fully saturated rings. The summed E-state index contributed by atoms with van der Waals surface area (Å²) in [5.74, 6) is 6.31. The number of fused-ring (bicyclic) bond motifs is 1. The fourth-order valence-electron chi connectivity index (χ4n) is 3.99. The topological polar surface area (TPSA) is 81.4 Å². The van der Waals surface area contributed by atoms with E-state index in [9.17, 15) is 18.0 Å².